The smallest absolute Gasteiger partial charge is 0.00200 e. The van der Waals surface area contributed by atoms with Gasteiger partial charge in [-0.05, 0) is 31.8 Å². The van der Waals surface area contributed by atoms with Crippen molar-refractivity contribution in [2.75, 3.05) is 13.1 Å². The lowest BCUT2D eigenvalue weighted by molar-refractivity contribution is 0.480. The van der Waals surface area contributed by atoms with E-state index < -0.39 is 0 Å². The van der Waals surface area contributed by atoms with E-state index in [1.54, 1.807) is 0 Å². The molecule has 0 aliphatic carbocycles. The van der Waals surface area contributed by atoms with Crippen molar-refractivity contribution in [1.29, 1.82) is 0 Å². The molecule has 0 amide bonds. The van der Waals surface area contributed by atoms with Crippen LogP contribution in [0.3, 0.4) is 0 Å². The minimum Gasteiger partial charge on any atom is -0.316 e. The van der Waals surface area contributed by atoms with Gasteiger partial charge in [-0.1, -0.05) is 58.3 Å². The zero-order valence-corrected chi connectivity index (χ0v) is 10.6. The molecule has 1 saturated heterocycles. The van der Waals surface area contributed by atoms with Crippen LogP contribution < -0.4 is 5.32 Å². The molecule has 0 aromatic carbocycles. The Morgan fingerprint density at radius 3 is 2.20 bits per heavy atom. The number of nitrogens with one attached hydrogen (secondary N) is 1. The molecule has 1 rings (SSSR count). The Bertz CT molecular complexity index is 127. The van der Waals surface area contributed by atoms with Crippen LogP contribution in [0.15, 0.2) is 0 Å². The average Bonchev–Trinajstić information content (AvgIpc) is 2.75. The fourth-order valence-corrected chi connectivity index (χ4v) is 2.53. The van der Waals surface area contributed by atoms with Crippen LogP contribution in [0, 0.1) is 5.92 Å². The molecule has 1 nitrogen and oxygen atoms in total. The first-order chi connectivity index (χ1) is 7.43. The van der Waals surface area contributed by atoms with Gasteiger partial charge in [0, 0.05) is 0 Å². The minimum atomic E-state index is 1.00. The molecule has 0 aromatic heterocycles. The lowest BCUT2D eigenvalue weighted by Crippen LogP contribution is -2.08. The van der Waals surface area contributed by atoms with Gasteiger partial charge < -0.3 is 5.32 Å². The summed E-state index contributed by atoms with van der Waals surface area (Å²) in [6, 6.07) is 0. The molecule has 0 bridgehead atoms. The normalized spacial score (nSPS) is 21.0. The zero-order chi connectivity index (χ0) is 10.8. The maximum absolute atomic E-state index is 3.45. The average molecular weight is 211 g/mol. The van der Waals surface area contributed by atoms with Crippen molar-refractivity contribution in [2.24, 2.45) is 5.92 Å². The largest absolute Gasteiger partial charge is 0.316 e. The van der Waals surface area contributed by atoms with E-state index in [0.29, 0.717) is 0 Å². The fraction of sp³-hybridized carbons (Fsp3) is 1.00. The lowest BCUT2D eigenvalue weighted by Gasteiger charge is -2.07. The maximum atomic E-state index is 3.45. The highest BCUT2D eigenvalue weighted by molar-refractivity contribution is 4.70. The molecule has 1 atom stereocenters. The van der Waals surface area contributed by atoms with Crippen LogP contribution in [0.25, 0.3) is 0 Å². The first-order valence-corrected chi connectivity index (χ1v) is 7.14. The van der Waals surface area contributed by atoms with Crippen LogP contribution in [-0.2, 0) is 0 Å². The first kappa shape index (κ1) is 13.0. The van der Waals surface area contributed by atoms with E-state index in [1.165, 1.54) is 77.3 Å². The van der Waals surface area contributed by atoms with Crippen LogP contribution in [-0.4, -0.2) is 13.1 Å². The summed E-state index contributed by atoms with van der Waals surface area (Å²) in [7, 11) is 0. The van der Waals surface area contributed by atoms with Crippen LogP contribution >= 0.6 is 0 Å². The summed E-state index contributed by atoms with van der Waals surface area (Å²) >= 11 is 0. The van der Waals surface area contributed by atoms with Crippen molar-refractivity contribution in [3.8, 4) is 0 Å². The molecular weight excluding hydrogens is 182 g/mol. The molecule has 0 spiro atoms. The third kappa shape index (κ3) is 6.94. The summed E-state index contributed by atoms with van der Waals surface area (Å²) in [6.45, 7) is 4.84. The summed E-state index contributed by atoms with van der Waals surface area (Å²) in [6.07, 6.45) is 14.5. The highest BCUT2D eigenvalue weighted by atomic mass is 14.9. The van der Waals surface area contributed by atoms with E-state index in [4.69, 9.17) is 0 Å². The van der Waals surface area contributed by atoms with Gasteiger partial charge in [-0.2, -0.15) is 0 Å². The van der Waals surface area contributed by atoms with E-state index >= 15 is 0 Å². The zero-order valence-electron chi connectivity index (χ0n) is 10.6. The summed E-state index contributed by atoms with van der Waals surface area (Å²) in [4.78, 5) is 0. The monoisotopic (exact) mass is 211 g/mol. The second kappa shape index (κ2) is 9.21. The number of rotatable bonds is 9. The molecule has 0 radical (unpaired) electrons. The highest BCUT2D eigenvalue weighted by Gasteiger charge is 2.12. The second-order valence-electron chi connectivity index (χ2n) is 5.12. The van der Waals surface area contributed by atoms with Gasteiger partial charge in [0.2, 0.25) is 0 Å². The van der Waals surface area contributed by atoms with Gasteiger partial charge in [-0.25, -0.2) is 0 Å². The number of hydrogen-bond donors (Lipinski definition) is 1. The highest BCUT2D eigenvalue weighted by Crippen LogP contribution is 2.17. The predicted molar refractivity (Wildman–Crippen MR) is 68.2 cm³/mol. The molecule has 1 unspecified atom stereocenters. The summed E-state index contributed by atoms with van der Waals surface area (Å²) in [5.41, 5.74) is 0. The van der Waals surface area contributed by atoms with Crippen molar-refractivity contribution in [1.82, 2.24) is 5.32 Å². The van der Waals surface area contributed by atoms with Gasteiger partial charge in [0.05, 0.1) is 0 Å². The van der Waals surface area contributed by atoms with E-state index in [0.717, 1.165) is 5.92 Å². The Balaban J connectivity index is 1.73. The second-order valence-corrected chi connectivity index (χ2v) is 5.12. The van der Waals surface area contributed by atoms with Gasteiger partial charge >= 0.3 is 0 Å². The van der Waals surface area contributed by atoms with Crippen LogP contribution in [0.2, 0.25) is 0 Å². The quantitative estimate of drug-likeness (QED) is 0.566. The van der Waals surface area contributed by atoms with Crippen molar-refractivity contribution in [3.05, 3.63) is 0 Å². The van der Waals surface area contributed by atoms with E-state index in [2.05, 4.69) is 12.2 Å². The number of unbranched alkanes of at least 4 members (excludes halogenated alkanes) is 7. The van der Waals surface area contributed by atoms with Crippen molar-refractivity contribution < 1.29 is 0 Å². The maximum Gasteiger partial charge on any atom is -0.00200 e. The molecule has 1 fully saturated rings. The van der Waals surface area contributed by atoms with E-state index in [1.807, 2.05) is 0 Å². The lowest BCUT2D eigenvalue weighted by atomic mass is 9.99. The van der Waals surface area contributed by atoms with Crippen LogP contribution in [0.1, 0.15) is 71.1 Å². The standard InChI is InChI=1S/C14H29N/c1-2-3-4-5-6-7-8-9-10-14-11-12-15-13-14/h14-15H,2-13H2,1H3. The molecule has 0 aromatic rings. The van der Waals surface area contributed by atoms with Gasteiger partial charge in [-0.15, -0.1) is 0 Å². The number of hydrogen-bond acceptors (Lipinski definition) is 1. The Morgan fingerprint density at radius 2 is 1.60 bits per heavy atom. The summed E-state index contributed by atoms with van der Waals surface area (Å²) in [5, 5.41) is 3.45. The SMILES string of the molecule is CCCCCCCCCCC1CCNC1. The first-order valence-electron chi connectivity index (χ1n) is 7.14. The Morgan fingerprint density at radius 1 is 0.933 bits per heavy atom. The Kier molecular flexibility index (Phi) is 7.99. The Labute approximate surface area is 96.0 Å². The van der Waals surface area contributed by atoms with Gasteiger partial charge in [0.25, 0.3) is 0 Å². The van der Waals surface area contributed by atoms with Gasteiger partial charge in [0.1, 0.15) is 0 Å². The predicted octanol–water partition coefficient (Wildman–Crippen LogP) is 4.13. The van der Waals surface area contributed by atoms with Gasteiger partial charge in [-0.3, -0.25) is 0 Å². The molecule has 1 heteroatoms. The molecule has 1 N–H and O–H groups in total. The van der Waals surface area contributed by atoms with Crippen molar-refractivity contribution >= 4 is 0 Å². The van der Waals surface area contributed by atoms with Crippen molar-refractivity contribution in [2.45, 2.75) is 71.1 Å². The van der Waals surface area contributed by atoms with Crippen LogP contribution in [0.4, 0.5) is 0 Å². The Hall–Kier alpha value is -0.0400. The molecule has 1 aliphatic heterocycles. The van der Waals surface area contributed by atoms with Crippen molar-refractivity contribution in [3.63, 3.8) is 0 Å². The molecule has 90 valence electrons. The van der Waals surface area contributed by atoms with E-state index in [9.17, 15) is 0 Å². The molecule has 15 heavy (non-hydrogen) atoms. The molecule has 0 saturated carbocycles. The summed E-state index contributed by atoms with van der Waals surface area (Å²) in [5.74, 6) is 1.00. The minimum absolute atomic E-state index is 1.00. The third-order valence-electron chi connectivity index (χ3n) is 3.63. The molecular formula is C14H29N. The van der Waals surface area contributed by atoms with Gasteiger partial charge in [0.15, 0.2) is 0 Å². The van der Waals surface area contributed by atoms with E-state index in [-0.39, 0.29) is 0 Å². The topological polar surface area (TPSA) is 12.0 Å². The molecule has 1 aliphatic rings. The fourth-order valence-electron chi connectivity index (χ4n) is 2.53. The van der Waals surface area contributed by atoms with Crippen LogP contribution in [0.5, 0.6) is 0 Å². The molecule has 1 heterocycles. The third-order valence-corrected chi connectivity index (χ3v) is 3.63. The summed E-state index contributed by atoms with van der Waals surface area (Å²) < 4.78 is 0.